The fourth-order valence-electron chi connectivity index (χ4n) is 2.93. The second-order valence-electron chi connectivity index (χ2n) is 6.66. The summed E-state index contributed by atoms with van der Waals surface area (Å²) in [5.41, 5.74) is 0.739. The first kappa shape index (κ1) is 20.5. The van der Waals surface area contributed by atoms with Gasteiger partial charge >= 0.3 is 12.3 Å². The highest BCUT2D eigenvalue weighted by Gasteiger charge is 2.50. The molecule has 8 heteroatoms. The number of alkyl carbamates (subject to hydrolysis) is 1. The zero-order chi connectivity index (χ0) is 19.4. The van der Waals surface area contributed by atoms with Crippen molar-refractivity contribution in [2.75, 3.05) is 6.61 Å². The molecule has 5 nitrogen and oxygen atoms in total. The van der Waals surface area contributed by atoms with Crippen LogP contribution in [0, 0.1) is 5.92 Å². The molecule has 0 saturated carbocycles. The van der Waals surface area contributed by atoms with Crippen molar-refractivity contribution < 1.29 is 32.2 Å². The summed E-state index contributed by atoms with van der Waals surface area (Å²) in [4.78, 5) is 12.1. The van der Waals surface area contributed by atoms with E-state index in [1.165, 1.54) is 6.92 Å². The van der Waals surface area contributed by atoms with Crippen LogP contribution in [0.3, 0.4) is 0 Å². The van der Waals surface area contributed by atoms with Crippen molar-refractivity contribution in [1.82, 2.24) is 5.32 Å². The van der Waals surface area contributed by atoms with Crippen molar-refractivity contribution in [3.63, 3.8) is 0 Å². The van der Waals surface area contributed by atoms with E-state index in [2.05, 4.69) is 5.32 Å². The number of halogens is 3. The number of amides is 1. The molecule has 146 valence electrons. The minimum absolute atomic E-state index is 0.0320. The van der Waals surface area contributed by atoms with Crippen LogP contribution in [0.5, 0.6) is 0 Å². The van der Waals surface area contributed by atoms with Crippen LogP contribution in [-0.4, -0.2) is 36.8 Å². The van der Waals surface area contributed by atoms with Crippen LogP contribution in [0.4, 0.5) is 18.0 Å². The van der Waals surface area contributed by atoms with E-state index in [-0.39, 0.29) is 19.6 Å². The summed E-state index contributed by atoms with van der Waals surface area (Å²) in [5, 5.41) is 2.34. The minimum atomic E-state index is -4.48. The molecule has 1 aromatic carbocycles. The van der Waals surface area contributed by atoms with Crippen LogP contribution in [0.25, 0.3) is 0 Å². The maximum absolute atomic E-state index is 13.4. The lowest BCUT2D eigenvalue weighted by Crippen LogP contribution is -2.53. The van der Waals surface area contributed by atoms with Crippen LogP contribution < -0.4 is 5.32 Å². The van der Waals surface area contributed by atoms with Gasteiger partial charge in [-0.05, 0) is 25.8 Å². The van der Waals surface area contributed by atoms with E-state index in [4.69, 9.17) is 14.2 Å². The Morgan fingerprint density at radius 3 is 2.50 bits per heavy atom. The maximum Gasteiger partial charge on any atom is 0.407 e. The van der Waals surface area contributed by atoms with E-state index in [9.17, 15) is 18.0 Å². The highest BCUT2D eigenvalue weighted by molar-refractivity contribution is 5.67. The maximum atomic E-state index is 13.4. The Hall–Kier alpha value is -1.80. The number of nitrogens with one attached hydrogen (secondary N) is 1. The fraction of sp³-hybridized carbons (Fsp3) is 0.611. The molecule has 0 unspecified atom stereocenters. The van der Waals surface area contributed by atoms with Gasteiger partial charge in [0.1, 0.15) is 12.7 Å². The first-order valence-electron chi connectivity index (χ1n) is 8.48. The molecular weight excluding hydrogens is 351 g/mol. The Kier molecular flexibility index (Phi) is 6.52. The third kappa shape index (κ3) is 5.60. The standard InChI is InChI=1S/C18H24F3NO4/c1-4-13(18(19,20)21)15(14-11-25-17(2,3)26-14)22-16(23)24-10-12-8-6-5-7-9-12/h5-9,13-15H,4,10-11H2,1-3H3,(H,22,23)/t13-,14+,15+/m1/s1. The van der Waals surface area contributed by atoms with Crippen molar-refractivity contribution in [3.8, 4) is 0 Å². The Labute approximate surface area is 150 Å². The third-order valence-electron chi connectivity index (χ3n) is 4.22. The number of alkyl halides is 3. The Bertz CT molecular complexity index is 592. The number of rotatable bonds is 6. The molecule has 0 aliphatic carbocycles. The highest BCUT2D eigenvalue weighted by Crippen LogP contribution is 2.36. The van der Waals surface area contributed by atoms with Crippen molar-refractivity contribution in [1.29, 1.82) is 0 Å². The molecule has 1 fully saturated rings. The molecule has 26 heavy (non-hydrogen) atoms. The van der Waals surface area contributed by atoms with Gasteiger partial charge in [-0.3, -0.25) is 0 Å². The SMILES string of the molecule is CC[C@H]([C@H](NC(=O)OCc1ccccc1)[C@@H]1COC(C)(C)O1)C(F)(F)F. The minimum Gasteiger partial charge on any atom is -0.445 e. The average molecular weight is 375 g/mol. The summed E-state index contributed by atoms with van der Waals surface area (Å²) in [6.07, 6.45) is -6.52. The molecule has 3 atom stereocenters. The van der Waals surface area contributed by atoms with Gasteiger partial charge in [0.2, 0.25) is 0 Å². The summed E-state index contributed by atoms with van der Waals surface area (Å²) in [6.45, 7) is 4.58. The number of ether oxygens (including phenoxy) is 3. The molecule has 1 N–H and O–H groups in total. The van der Waals surface area contributed by atoms with Gasteiger partial charge in [0, 0.05) is 0 Å². The van der Waals surface area contributed by atoms with E-state index in [0.29, 0.717) is 0 Å². The van der Waals surface area contributed by atoms with Gasteiger partial charge in [-0.1, -0.05) is 37.3 Å². The number of hydrogen-bond acceptors (Lipinski definition) is 4. The van der Waals surface area contributed by atoms with Gasteiger partial charge in [0.15, 0.2) is 5.79 Å². The third-order valence-corrected chi connectivity index (χ3v) is 4.22. The van der Waals surface area contributed by atoms with Gasteiger partial charge in [-0.25, -0.2) is 4.79 Å². The number of benzene rings is 1. The fourth-order valence-corrected chi connectivity index (χ4v) is 2.93. The van der Waals surface area contributed by atoms with Crippen LogP contribution in [0.1, 0.15) is 32.8 Å². The van der Waals surface area contributed by atoms with E-state index in [1.807, 2.05) is 6.07 Å². The van der Waals surface area contributed by atoms with Crippen LogP contribution >= 0.6 is 0 Å². The summed E-state index contributed by atoms with van der Waals surface area (Å²) in [5.74, 6) is -2.77. The molecule has 1 amide bonds. The second-order valence-corrected chi connectivity index (χ2v) is 6.66. The lowest BCUT2D eigenvalue weighted by atomic mass is 9.92. The van der Waals surface area contributed by atoms with Crippen molar-refractivity contribution >= 4 is 6.09 Å². The molecule has 0 aromatic heterocycles. The predicted molar refractivity (Wildman–Crippen MR) is 88.3 cm³/mol. The molecule has 1 saturated heterocycles. The van der Waals surface area contributed by atoms with Gasteiger partial charge in [0.25, 0.3) is 0 Å². The van der Waals surface area contributed by atoms with E-state index < -0.39 is 36.1 Å². The molecule has 0 spiro atoms. The summed E-state index contributed by atoms with van der Waals surface area (Å²) >= 11 is 0. The summed E-state index contributed by atoms with van der Waals surface area (Å²) < 4.78 is 56.3. The number of carbonyl (C=O) groups excluding carboxylic acids is 1. The van der Waals surface area contributed by atoms with Crippen LogP contribution in [-0.2, 0) is 20.8 Å². The largest absolute Gasteiger partial charge is 0.445 e. The molecule has 0 radical (unpaired) electrons. The quantitative estimate of drug-likeness (QED) is 0.816. The average Bonchev–Trinajstić information content (AvgIpc) is 2.92. The van der Waals surface area contributed by atoms with Gasteiger partial charge in [-0.2, -0.15) is 13.2 Å². The molecule has 1 aliphatic rings. The van der Waals surface area contributed by atoms with E-state index >= 15 is 0 Å². The monoisotopic (exact) mass is 375 g/mol. The molecule has 1 heterocycles. The van der Waals surface area contributed by atoms with Gasteiger partial charge in [-0.15, -0.1) is 0 Å². The van der Waals surface area contributed by atoms with Crippen molar-refractivity contribution in [2.24, 2.45) is 5.92 Å². The lowest BCUT2D eigenvalue weighted by Gasteiger charge is -2.32. The molecular formula is C18H24F3NO4. The molecule has 1 aromatic rings. The first-order chi connectivity index (χ1) is 12.1. The van der Waals surface area contributed by atoms with Crippen molar-refractivity contribution in [3.05, 3.63) is 35.9 Å². The normalized spacial score (nSPS) is 21.8. The topological polar surface area (TPSA) is 56.8 Å². The Morgan fingerprint density at radius 1 is 1.35 bits per heavy atom. The molecule has 2 rings (SSSR count). The van der Waals surface area contributed by atoms with Gasteiger partial charge in [0.05, 0.1) is 18.6 Å². The lowest BCUT2D eigenvalue weighted by molar-refractivity contribution is -0.197. The summed E-state index contributed by atoms with van der Waals surface area (Å²) in [7, 11) is 0. The van der Waals surface area contributed by atoms with Crippen LogP contribution in [0.2, 0.25) is 0 Å². The zero-order valence-electron chi connectivity index (χ0n) is 15.0. The van der Waals surface area contributed by atoms with E-state index in [1.54, 1.807) is 38.1 Å². The highest BCUT2D eigenvalue weighted by atomic mass is 19.4. The van der Waals surface area contributed by atoms with E-state index in [0.717, 1.165) is 5.56 Å². The molecule has 0 bridgehead atoms. The Morgan fingerprint density at radius 2 is 2.00 bits per heavy atom. The second kappa shape index (κ2) is 8.26. The summed E-state index contributed by atoms with van der Waals surface area (Å²) in [6, 6.07) is 7.58. The number of hydrogen-bond donors (Lipinski definition) is 1. The first-order valence-corrected chi connectivity index (χ1v) is 8.48. The zero-order valence-corrected chi connectivity index (χ0v) is 15.0. The molecule has 1 aliphatic heterocycles. The predicted octanol–water partition coefficient (Wildman–Crippen LogP) is 4.02. The van der Waals surface area contributed by atoms with Crippen LogP contribution in [0.15, 0.2) is 30.3 Å². The Balaban J connectivity index is 2.06. The van der Waals surface area contributed by atoms with Crippen molar-refractivity contribution in [2.45, 2.75) is 57.9 Å². The smallest absolute Gasteiger partial charge is 0.407 e. The number of carbonyl (C=O) groups is 1. The van der Waals surface area contributed by atoms with Gasteiger partial charge < -0.3 is 19.5 Å².